The van der Waals surface area contributed by atoms with Crippen LogP contribution in [0.5, 0.6) is 5.75 Å². The first-order valence-corrected chi connectivity index (χ1v) is 12.1. The average Bonchev–Trinajstić information content (AvgIpc) is 3.07. The van der Waals surface area contributed by atoms with Gasteiger partial charge in [0.05, 0.1) is 35.0 Å². The molecule has 0 radical (unpaired) electrons. The molecule has 0 N–H and O–H groups in total. The third kappa shape index (κ3) is 4.30. The zero-order chi connectivity index (χ0) is 25.2. The van der Waals surface area contributed by atoms with Crippen LogP contribution in [0.2, 0.25) is 0 Å². The van der Waals surface area contributed by atoms with Gasteiger partial charge in [0, 0.05) is 38.8 Å². The highest BCUT2D eigenvalue weighted by molar-refractivity contribution is 6.07. The predicted octanol–water partition coefficient (Wildman–Crippen LogP) is 3.94. The number of carbonyl (C=O) groups excluding carboxylic acids is 2. The van der Waals surface area contributed by atoms with Crippen LogP contribution in [-0.4, -0.2) is 69.7 Å². The summed E-state index contributed by atoms with van der Waals surface area (Å²) in [5.41, 5.74) is 4.25. The van der Waals surface area contributed by atoms with Crippen molar-refractivity contribution in [3.8, 4) is 17.0 Å². The molecule has 184 valence electrons. The Morgan fingerprint density at radius 2 is 1.50 bits per heavy atom. The SMILES string of the molecule is COc1ccccc1C(=O)N1CCCN(C(=O)c2cc(-c3ccccc3)nc3c2c(C)nn3C)CC1. The molecular formula is C28H29N5O3. The number of fused-ring (bicyclic) bond motifs is 1. The quantitative estimate of drug-likeness (QED) is 0.439. The van der Waals surface area contributed by atoms with E-state index in [1.807, 2.05) is 67.4 Å². The Hall–Kier alpha value is -4.20. The minimum Gasteiger partial charge on any atom is -0.496 e. The van der Waals surface area contributed by atoms with Crippen LogP contribution >= 0.6 is 0 Å². The summed E-state index contributed by atoms with van der Waals surface area (Å²) in [4.78, 5) is 35.6. The largest absolute Gasteiger partial charge is 0.496 e. The maximum Gasteiger partial charge on any atom is 0.257 e. The van der Waals surface area contributed by atoms with Gasteiger partial charge in [-0.05, 0) is 31.5 Å². The highest BCUT2D eigenvalue weighted by atomic mass is 16.5. The summed E-state index contributed by atoms with van der Waals surface area (Å²) in [6.45, 7) is 3.95. The Morgan fingerprint density at radius 3 is 2.19 bits per heavy atom. The number of aromatic nitrogens is 3. The van der Waals surface area contributed by atoms with Crippen LogP contribution in [0.25, 0.3) is 22.3 Å². The normalized spacial score (nSPS) is 14.1. The van der Waals surface area contributed by atoms with E-state index in [0.29, 0.717) is 55.1 Å². The van der Waals surface area contributed by atoms with Crippen LogP contribution in [0.4, 0.5) is 0 Å². The monoisotopic (exact) mass is 483 g/mol. The third-order valence-electron chi connectivity index (χ3n) is 6.68. The fourth-order valence-electron chi connectivity index (χ4n) is 4.86. The average molecular weight is 484 g/mol. The van der Waals surface area contributed by atoms with Crippen LogP contribution < -0.4 is 4.74 Å². The van der Waals surface area contributed by atoms with E-state index in [9.17, 15) is 9.59 Å². The number of rotatable bonds is 4. The van der Waals surface area contributed by atoms with Crippen molar-refractivity contribution in [2.45, 2.75) is 13.3 Å². The molecule has 1 saturated heterocycles. The fourth-order valence-corrected chi connectivity index (χ4v) is 4.86. The van der Waals surface area contributed by atoms with Gasteiger partial charge in [-0.3, -0.25) is 14.3 Å². The zero-order valence-corrected chi connectivity index (χ0v) is 20.8. The second-order valence-electron chi connectivity index (χ2n) is 8.97. The Kier molecular flexibility index (Phi) is 6.41. The van der Waals surface area contributed by atoms with E-state index < -0.39 is 0 Å². The molecule has 2 amide bonds. The van der Waals surface area contributed by atoms with Crippen molar-refractivity contribution in [1.82, 2.24) is 24.6 Å². The van der Waals surface area contributed by atoms with Gasteiger partial charge in [0.1, 0.15) is 5.75 Å². The van der Waals surface area contributed by atoms with E-state index in [1.165, 1.54) is 0 Å². The summed E-state index contributed by atoms with van der Waals surface area (Å²) in [5, 5.41) is 5.31. The van der Waals surface area contributed by atoms with Gasteiger partial charge >= 0.3 is 0 Å². The lowest BCUT2D eigenvalue weighted by Gasteiger charge is -2.23. The molecule has 1 aliphatic heterocycles. The summed E-state index contributed by atoms with van der Waals surface area (Å²) in [6, 6.07) is 19.0. The van der Waals surface area contributed by atoms with Gasteiger partial charge in [0.2, 0.25) is 0 Å². The van der Waals surface area contributed by atoms with Gasteiger partial charge in [-0.2, -0.15) is 5.10 Å². The summed E-state index contributed by atoms with van der Waals surface area (Å²) < 4.78 is 7.11. The topological polar surface area (TPSA) is 80.6 Å². The smallest absolute Gasteiger partial charge is 0.257 e. The number of para-hydroxylation sites is 1. The molecule has 1 aliphatic rings. The molecule has 8 nitrogen and oxygen atoms in total. The molecule has 0 saturated carbocycles. The number of ether oxygens (including phenoxy) is 1. The number of hydrogen-bond donors (Lipinski definition) is 0. The van der Waals surface area contributed by atoms with Gasteiger partial charge in [0.15, 0.2) is 5.65 Å². The molecule has 0 aliphatic carbocycles. The summed E-state index contributed by atoms with van der Waals surface area (Å²) in [7, 11) is 3.41. The molecule has 3 heterocycles. The van der Waals surface area contributed by atoms with Crippen LogP contribution in [0.15, 0.2) is 60.7 Å². The lowest BCUT2D eigenvalue weighted by atomic mass is 10.0. The number of benzene rings is 2. The molecule has 4 aromatic rings. The molecule has 1 fully saturated rings. The van der Waals surface area contributed by atoms with Gasteiger partial charge in [0.25, 0.3) is 11.8 Å². The van der Waals surface area contributed by atoms with Crippen LogP contribution in [0.1, 0.15) is 32.8 Å². The Balaban J connectivity index is 1.44. The first-order valence-electron chi connectivity index (χ1n) is 12.1. The van der Waals surface area contributed by atoms with Crippen LogP contribution in [0.3, 0.4) is 0 Å². The van der Waals surface area contributed by atoms with Crippen molar-refractivity contribution in [1.29, 1.82) is 0 Å². The van der Waals surface area contributed by atoms with E-state index in [2.05, 4.69) is 5.10 Å². The highest BCUT2D eigenvalue weighted by Gasteiger charge is 2.27. The number of aryl methyl sites for hydroxylation is 2. The third-order valence-corrected chi connectivity index (χ3v) is 6.68. The van der Waals surface area contributed by atoms with Crippen molar-refractivity contribution in [3.05, 3.63) is 77.5 Å². The number of nitrogens with zero attached hydrogens (tertiary/aromatic N) is 5. The molecule has 2 aromatic heterocycles. The lowest BCUT2D eigenvalue weighted by molar-refractivity contribution is 0.0718. The van der Waals surface area contributed by atoms with Gasteiger partial charge in [-0.25, -0.2) is 4.98 Å². The maximum atomic E-state index is 13.9. The Labute approximate surface area is 210 Å². The minimum absolute atomic E-state index is 0.0673. The second-order valence-corrected chi connectivity index (χ2v) is 8.97. The summed E-state index contributed by atoms with van der Waals surface area (Å²) in [6.07, 6.45) is 0.693. The van der Waals surface area contributed by atoms with Crippen LogP contribution in [0, 0.1) is 6.92 Å². The Bertz CT molecular complexity index is 1430. The molecule has 0 spiro atoms. The Morgan fingerprint density at radius 1 is 0.861 bits per heavy atom. The number of pyridine rings is 1. The van der Waals surface area contributed by atoms with E-state index in [0.717, 1.165) is 22.3 Å². The van der Waals surface area contributed by atoms with Gasteiger partial charge in [-0.1, -0.05) is 42.5 Å². The minimum atomic E-state index is -0.0810. The first kappa shape index (κ1) is 23.5. The fraction of sp³-hybridized carbons (Fsp3) is 0.286. The zero-order valence-electron chi connectivity index (χ0n) is 20.8. The molecule has 2 aromatic carbocycles. The van der Waals surface area contributed by atoms with Crippen molar-refractivity contribution >= 4 is 22.8 Å². The summed E-state index contributed by atoms with van der Waals surface area (Å²) in [5.74, 6) is 0.407. The molecular weight excluding hydrogens is 454 g/mol. The van der Waals surface area contributed by atoms with E-state index in [4.69, 9.17) is 9.72 Å². The molecule has 36 heavy (non-hydrogen) atoms. The highest BCUT2D eigenvalue weighted by Crippen LogP contribution is 2.28. The van der Waals surface area contributed by atoms with Crippen LogP contribution in [-0.2, 0) is 7.05 Å². The van der Waals surface area contributed by atoms with Gasteiger partial charge < -0.3 is 14.5 Å². The first-order chi connectivity index (χ1) is 17.5. The van der Waals surface area contributed by atoms with E-state index >= 15 is 0 Å². The second kappa shape index (κ2) is 9.81. The summed E-state index contributed by atoms with van der Waals surface area (Å²) >= 11 is 0. The maximum absolute atomic E-state index is 13.9. The molecule has 5 rings (SSSR count). The number of methoxy groups -OCH3 is 1. The standard InChI is InChI=1S/C28H29N5O3/c1-19-25-22(18-23(20-10-5-4-6-11-20)29-26(25)31(2)30-19)28(35)33-15-9-14-32(16-17-33)27(34)21-12-7-8-13-24(21)36-3/h4-8,10-13,18H,9,14-17H2,1-3H3. The van der Waals surface area contributed by atoms with Crippen molar-refractivity contribution in [2.75, 3.05) is 33.3 Å². The predicted molar refractivity (Wildman–Crippen MR) is 138 cm³/mol. The molecule has 0 unspecified atom stereocenters. The molecule has 0 bridgehead atoms. The molecule has 0 atom stereocenters. The van der Waals surface area contributed by atoms with Crippen molar-refractivity contribution < 1.29 is 14.3 Å². The molecule has 8 heteroatoms. The number of amides is 2. The lowest BCUT2D eigenvalue weighted by Crippen LogP contribution is -2.37. The number of hydrogen-bond acceptors (Lipinski definition) is 5. The number of carbonyl (C=O) groups is 2. The van der Waals surface area contributed by atoms with E-state index in [1.54, 1.807) is 28.8 Å². The van der Waals surface area contributed by atoms with Gasteiger partial charge in [-0.15, -0.1) is 0 Å². The van der Waals surface area contributed by atoms with Crippen molar-refractivity contribution in [2.24, 2.45) is 7.05 Å². The van der Waals surface area contributed by atoms with E-state index in [-0.39, 0.29) is 11.8 Å². The van der Waals surface area contributed by atoms with Crippen molar-refractivity contribution in [3.63, 3.8) is 0 Å².